The highest BCUT2D eigenvalue weighted by atomic mass is 35.5. The Balaban J connectivity index is 0. The van der Waals surface area contributed by atoms with Crippen molar-refractivity contribution < 1.29 is 18.6 Å². The Morgan fingerprint density at radius 1 is 1.78 bits per heavy atom. The molecule has 0 aromatic rings. The quantitative estimate of drug-likeness (QED) is 0.422. The number of rotatable bonds is 1. The summed E-state index contributed by atoms with van der Waals surface area (Å²) in [5, 5.41) is 8.43. The van der Waals surface area contributed by atoms with Crippen LogP contribution in [0.1, 0.15) is 1.43 Å². The molecule has 0 saturated carbocycles. The molecule has 1 rings (SSSR count). The monoisotopic (exact) mass is 148 g/mol. The second-order valence-corrected chi connectivity index (χ2v) is 2.09. The van der Waals surface area contributed by atoms with Gasteiger partial charge in [0.25, 0.3) is 0 Å². The number of hydrogen-bond acceptors (Lipinski definition) is 3. The highest BCUT2D eigenvalue weighted by molar-refractivity contribution is 5.04. The van der Waals surface area contributed by atoms with Gasteiger partial charge in [-0.25, -0.2) is 0 Å². The number of hydrogen-bond donors (Lipinski definition) is 1. The third-order valence-electron chi connectivity index (χ3n) is 1.38. The van der Waals surface area contributed by atoms with Gasteiger partial charge in [-0.2, -0.15) is 5.26 Å². The van der Waals surface area contributed by atoms with Crippen molar-refractivity contribution in [3.05, 3.63) is 0 Å². The minimum absolute atomic E-state index is 0. The van der Waals surface area contributed by atoms with Crippen molar-refractivity contribution in [1.82, 2.24) is 0 Å². The molecule has 0 atom stereocenters. The lowest BCUT2D eigenvalue weighted by Gasteiger charge is -2.33. The molecule has 52 valence electrons. The summed E-state index contributed by atoms with van der Waals surface area (Å²) in [4.78, 5) is 0. The van der Waals surface area contributed by atoms with Crippen LogP contribution in [0.2, 0.25) is 0 Å². The second-order valence-electron chi connectivity index (χ2n) is 2.09. The molecule has 0 amide bonds. The Hall–Kier alpha value is -0.300. The van der Waals surface area contributed by atoms with Gasteiger partial charge in [0.1, 0.15) is 5.41 Å². The molecule has 0 unspecified atom stereocenters. The first-order chi connectivity index (χ1) is 3.83. The third-order valence-corrected chi connectivity index (χ3v) is 1.38. The summed E-state index contributed by atoms with van der Waals surface area (Å²) in [7, 11) is 0. The normalized spacial score (nSPS) is 20.9. The summed E-state index contributed by atoms with van der Waals surface area (Å²) in [6, 6.07) is 2.11. The maximum atomic E-state index is 8.43. The lowest BCUT2D eigenvalue weighted by molar-refractivity contribution is -0.0712. The molecule has 0 spiro atoms. The van der Waals surface area contributed by atoms with E-state index in [9.17, 15) is 0 Å². The third kappa shape index (κ3) is 1.33. The molecule has 0 bridgehead atoms. The number of nitrogens with two attached hydrogens (primary N) is 1. The summed E-state index contributed by atoms with van der Waals surface area (Å²) in [6.45, 7) is 1.45. The number of nitrogens with zero attached hydrogens (tertiary/aromatic N) is 1. The average Bonchev–Trinajstić information content (AvgIpc) is 1.67. The molecule has 1 heterocycles. The molecule has 1 aliphatic heterocycles. The van der Waals surface area contributed by atoms with Gasteiger partial charge in [-0.1, -0.05) is 0 Å². The maximum Gasteiger partial charge on any atom is 1.00 e. The summed E-state index contributed by atoms with van der Waals surface area (Å²) in [5.74, 6) is 0. The van der Waals surface area contributed by atoms with Crippen LogP contribution in [0.5, 0.6) is 0 Å². The SMILES string of the molecule is N#CC1(CN)COC1.[Cl-].[H+]. The van der Waals surface area contributed by atoms with Gasteiger partial charge < -0.3 is 22.9 Å². The predicted octanol–water partition coefficient (Wildman–Crippen LogP) is -3.40. The fraction of sp³-hybridized carbons (Fsp3) is 0.800. The first-order valence-corrected chi connectivity index (χ1v) is 2.52. The summed E-state index contributed by atoms with van der Waals surface area (Å²) in [5.41, 5.74) is 4.94. The summed E-state index contributed by atoms with van der Waals surface area (Å²) >= 11 is 0. The van der Waals surface area contributed by atoms with E-state index in [4.69, 9.17) is 15.7 Å². The first-order valence-electron chi connectivity index (χ1n) is 2.52. The van der Waals surface area contributed by atoms with Gasteiger partial charge in [-0.15, -0.1) is 0 Å². The van der Waals surface area contributed by atoms with Gasteiger partial charge in [0.2, 0.25) is 0 Å². The van der Waals surface area contributed by atoms with Crippen LogP contribution in [-0.2, 0) is 4.74 Å². The first kappa shape index (κ1) is 8.70. The molecular formula is C5H9ClN2O. The smallest absolute Gasteiger partial charge is 1.00 e. The lowest BCUT2D eigenvalue weighted by atomic mass is 9.88. The molecule has 0 aromatic carbocycles. The van der Waals surface area contributed by atoms with E-state index in [1.54, 1.807) is 0 Å². The van der Waals surface area contributed by atoms with Gasteiger partial charge in [0, 0.05) is 6.54 Å². The van der Waals surface area contributed by atoms with Crippen molar-refractivity contribution in [2.45, 2.75) is 0 Å². The minimum atomic E-state index is -0.333. The molecule has 4 heteroatoms. The second kappa shape index (κ2) is 3.02. The molecule has 0 radical (unpaired) electrons. The number of ether oxygens (including phenoxy) is 1. The van der Waals surface area contributed by atoms with Crippen molar-refractivity contribution in [3.8, 4) is 6.07 Å². The van der Waals surface area contributed by atoms with Gasteiger partial charge in [0.05, 0.1) is 19.3 Å². The highest BCUT2D eigenvalue weighted by Crippen LogP contribution is 2.23. The molecule has 1 aliphatic rings. The number of halogens is 1. The molecule has 0 aromatic heterocycles. The topological polar surface area (TPSA) is 59.0 Å². The van der Waals surface area contributed by atoms with Crippen LogP contribution < -0.4 is 18.1 Å². The van der Waals surface area contributed by atoms with Crippen LogP contribution >= 0.6 is 0 Å². The van der Waals surface area contributed by atoms with Crippen LogP contribution in [0.15, 0.2) is 0 Å². The van der Waals surface area contributed by atoms with E-state index in [1.807, 2.05) is 0 Å². The van der Waals surface area contributed by atoms with E-state index in [1.165, 1.54) is 0 Å². The van der Waals surface area contributed by atoms with Gasteiger partial charge in [-0.3, -0.25) is 0 Å². The van der Waals surface area contributed by atoms with Gasteiger partial charge in [-0.05, 0) is 0 Å². The van der Waals surface area contributed by atoms with Crippen molar-refractivity contribution in [3.63, 3.8) is 0 Å². The van der Waals surface area contributed by atoms with Crippen LogP contribution in [0.3, 0.4) is 0 Å². The zero-order valence-electron chi connectivity index (χ0n) is 5.93. The Morgan fingerprint density at radius 3 is 2.33 bits per heavy atom. The predicted molar refractivity (Wildman–Crippen MR) is 29.0 cm³/mol. The largest absolute Gasteiger partial charge is 1.00 e. The van der Waals surface area contributed by atoms with Crippen LogP contribution in [0.25, 0.3) is 0 Å². The lowest BCUT2D eigenvalue weighted by Crippen LogP contribution is -3.00. The van der Waals surface area contributed by atoms with E-state index in [0.29, 0.717) is 19.8 Å². The van der Waals surface area contributed by atoms with Gasteiger partial charge in [0.15, 0.2) is 0 Å². The van der Waals surface area contributed by atoms with E-state index in [-0.39, 0.29) is 19.2 Å². The summed E-state index contributed by atoms with van der Waals surface area (Å²) in [6.07, 6.45) is 0. The van der Waals surface area contributed by atoms with Crippen molar-refractivity contribution in [1.29, 1.82) is 5.26 Å². The molecule has 2 N–H and O–H groups in total. The zero-order valence-corrected chi connectivity index (χ0v) is 5.69. The Kier molecular flexibility index (Phi) is 2.92. The Morgan fingerprint density at radius 2 is 2.33 bits per heavy atom. The van der Waals surface area contributed by atoms with Crippen LogP contribution in [-0.4, -0.2) is 19.8 Å². The Bertz CT molecular complexity index is 127. The highest BCUT2D eigenvalue weighted by Gasteiger charge is 2.37. The number of nitriles is 1. The average molecular weight is 149 g/mol. The Labute approximate surface area is 61.7 Å². The van der Waals surface area contributed by atoms with Crippen molar-refractivity contribution in [2.24, 2.45) is 11.1 Å². The van der Waals surface area contributed by atoms with Crippen molar-refractivity contribution >= 4 is 0 Å². The summed E-state index contributed by atoms with van der Waals surface area (Å²) < 4.78 is 4.82. The fourth-order valence-electron chi connectivity index (χ4n) is 0.577. The molecule has 3 nitrogen and oxygen atoms in total. The van der Waals surface area contributed by atoms with E-state index in [0.717, 1.165) is 0 Å². The van der Waals surface area contributed by atoms with Crippen LogP contribution in [0.4, 0.5) is 0 Å². The fourth-order valence-corrected chi connectivity index (χ4v) is 0.577. The van der Waals surface area contributed by atoms with Crippen LogP contribution in [0, 0.1) is 16.7 Å². The maximum absolute atomic E-state index is 8.43. The molecular weight excluding hydrogens is 140 g/mol. The molecule has 0 aliphatic carbocycles. The zero-order chi connectivity index (χ0) is 6.04. The molecule has 1 saturated heterocycles. The van der Waals surface area contributed by atoms with E-state index >= 15 is 0 Å². The van der Waals surface area contributed by atoms with E-state index in [2.05, 4.69) is 6.07 Å². The molecule has 1 fully saturated rings. The van der Waals surface area contributed by atoms with Crippen molar-refractivity contribution in [2.75, 3.05) is 19.8 Å². The standard InChI is InChI=1S/C5H8N2O.ClH/c6-1-5(2-7)3-8-4-5;/h1,3-4,6H2;1H. The van der Waals surface area contributed by atoms with E-state index < -0.39 is 0 Å². The van der Waals surface area contributed by atoms with Gasteiger partial charge >= 0.3 is 1.43 Å². The minimum Gasteiger partial charge on any atom is -1.00 e. The molecule has 9 heavy (non-hydrogen) atoms.